The summed E-state index contributed by atoms with van der Waals surface area (Å²) < 4.78 is 45.8. The summed E-state index contributed by atoms with van der Waals surface area (Å²) in [6, 6.07) is 88.1. The van der Waals surface area contributed by atoms with E-state index >= 15 is 0 Å². The van der Waals surface area contributed by atoms with Gasteiger partial charge in [-0.15, -0.1) is 0 Å². The summed E-state index contributed by atoms with van der Waals surface area (Å²) in [4.78, 5) is 9.52. The van der Waals surface area contributed by atoms with Crippen molar-refractivity contribution in [3.05, 3.63) is 260 Å². The van der Waals surface area contributed by atoms with Crippen molar-refractivity contribution in [2.24, 2.45) is 0 Å². The van der Waals surface area contributed by atoms with Crippen LogP contribution in [0.2, 0.25) is 0 Å². The summed E-state index contributed by atoms with van der Waals surface area (Å²) in [6.07, 6.45) is 2.61. The molecule has 12 heteroatoms. The first-order chi connectivity index (χ1) is 45.2. The SMILES string of the molecule is COc1ccc(N(c2ccc(OC)cc2)c2ccc3c(c2)-c2cc(N(c4ccc(OC)cc4)c4ccc(OC)cc4)ccc2C2CCC(N(c4ccc(OC)cc4)c4ccc(OC)cc4)CC2c2cc(N(c4ccc(OC)cc4)c4ccc(OC)cc4)ccc2-3)cc1. The van der Waals surface area contributed by atoms with Gasteiger partial charge in [0, 0.05) is 68.6 Å². The largest absolute Gasteiger partial charge is 0.497 e. The summed E-state index contributed by atoms with van der Waals surface area (Å²) in [5, 5.41) is 0. The molecule has 0 N–H and O–H groups in total. The molecule has 1 saturated carbocycles. The lowest BCUT2D eigenvalue weighted by atomic mass is 9.65. The van der Waals surface area contributed by atoms with Gasteiger partial charge in [-0.2, -0.15) is 0 Å². The fraction of sp³-hybridized carbons (Fsp3) is 0.175. The maximum absolute atomic E-state index is 5.74. The lowest BCUT2D eigenvalue weighted by molar-refractivity contribution is 0.345. The van der Waals surface area contributed by atoms with E-state index in [4.69, 9.17) is 37.9 Å². The minimum absolute atomic E-state index is 0.00286. The van der Waals surface area contributed by atoms with Gasteiger partial charge in [-0.05, 0) is 295 Å². The Labute approximate surface area is 539 Å². The molecule has 92 heavy (non-hydrogen) atoms. The van der Waals surface area contributed by atoms with Gasteiger partial charge >= 0.3 is 0 Å². The standard InChI is InChI=1S/C80H74N4O8/c1-85-65-29-9-53(10-30-65)81(54-11-31-66(86-2)32-12-54)61-25-45-73-74-46-26-63(83(57-17-37-69(89-5)38-18-57)58-19-39-70(90-6)40-20-58)51-79(74)80-52-64(84(59-21-41-71(91-7)42-22-59)60-23-43-72(92-8)44-24-60)28-48-76(80)75-47-27-62(50-78(75)77(73)49-61)82(55-13-33-67(87-3)34-14-55)56-15-35-68(88-4)36-16-56/h9-27,29-47,49-51,64,76,80H,28,48,52H2,1-8H3. The van der Waals surface area contributed by atoms with Gasteiger partial charge in [0.2, 0.25) is 0 Å². The van der Waals surface area contributed by atoms with Crippen molar-refractivity contribution in [1.29, 1.82) is 0 Å². The van der Waals surface area contributed by atoms with Crippen molar-refractivity contribution in [3.63, 3.8) is 0 Å². The number of nitrogens with zero attached hydrogens (tertiary/aromatic N) is 4. The van der Waals surface area contributed by atoms with Gasteiger partial charge in [-0.1, -0.05) is 18.2 Å². The minimum Gasteiger partial charge on any atom is -0.497 e. The molecule has 0 aromatic heterocycles. The van der Waals surface area contributed by atoms with E-state index in [1.54, 1.807) is 56.9 Å². The summed E-state index contributed by atoms with van der Waals surface area (Å²) in [5.41, 5.74) is 18.1. The van der Waals surface area contributed by atoms with Gasteiger partial charge in [0.15, 0.2) is 0 Å². The van der Waals surface area contributed by atoms with Gasteiger partial charge < -0.3 is 57.5 Å². The first-order valence-electron chi connectivity index (χ1n) is 30.9. The van der Waals surface area contributed by atoms with E-state index in [1.807, 2.05) is 72.8 Å². The zero-order valence-corrected chi connectivity index (χ0v) is 53.1. The molecule has 3 unspecified atom stereocenters. The Morgan fingerprint density at radius 3 is 0.826 bits per heavy atom. The van der Waals surface area contributed by atoms with Crippen LogP contribution >= 0.6 is 0 Å². The van der Waals surface area contributed by atoms with Crippen molar-refractivity contribution in [2.45, 2.75) is 37.1 Å². The highest BCUT2D eigenvalue weighted by molar-refractivity contribution is 5.95. The first-order valence-corrected chi connectivity index (χ1v) is 30.9. The maximum atomic E-state index is 5.74. The fourth-order valence-electron chi connectivity index (χ4n) is 13.5. The van der Waals surface area contributed by atoms with Crippen molar-refractivity contribution in [3.8, 4) is 68.2 Å². The molecule has 13 rings (SSSR count). The number of hydrogen-bond donors (Lipinski definition) is 0. The van der Waals surface area contributed by atoms with Crippen LogP contribution in [-0.4, -0.2) is 62.9 Å². The quantitative estimate of drug-likeness (QED) is 0.0728. The van der Waals surface area contributed by atoms with Crippen LogP contribution in [0.3, 0.4) is 0 Å². The van der Waals surface area contributed by atoms with Crippen molar-refractivity contribution >= 4 is 62.6 Å². The molecular weight excluding hydrogens is 1140 g/mol. The predicted octanol–water partition coefficient (Wildman–Crippen LogP) is 20.1. The van der Waals surface area contributed by atoms with Gasteiger partial charge in [0.05, 0.1) is 56.9 Å². The number of anilines is 11. The maximum Gasteiger partial charge on any atom is 0.119 e. The molecule has 2 aliphatic carbocycles. The Morgan fingerprint density at radius 2 is 0.500 bits per heavy atom. The van der Waals surface area contributed by atoms with E-state index in [0.717, 1.165) is 150 Å². The second kappa shape index (κ2) is 26.6. The van der Waals surface area contributed by atoms with Crippen LogP contribution in [0.15, 0.2) is 249 Å². The number of methoxy groups -OCH3 is 8. The molecule has 0 radical (unpaired) electrons. The number of rotatable bonds is 20. The summed E-state index contributed by atoms with van der Waals surface area (Å²) in [7, 11) is 13.7. The van der Waals surface area contributed by atoms with Crippen LogP contribution in [0.25, 0.3) is 22.3 Å². The van der Waals surface area contributed by atoms with E-state index in [2.05, 4.69) is 196 Å². The topological polar surface area (TPSA) is 86.8 Å². The molecular formula is C80H74N4O8. The Hall–Kier alpha value is -11.0. The molecule has 1 fully saturated rings. The smallest absolute Gasteiger partial charge is 0.119 e. The third-order valence-electron chi connectivity index (χ3n) is 18.1. The molecule has 0 spiro atoms. The molecule has 462 valence electrons. The van der Waals surface area contributed by atoms with Crippen LogP contribution in [0.4, 0.5) is 62.6 Å². The fourth-order valence-corrected chi connectivity index (χ4v) is 13.5. The Bertz CT molecular complexity index is 4110. The highest BCUT2D eigenvalue weighted by Crippen LogP contribution is 2.57. The van der Waals surface area contributed by atoms with Gasteiger partial charge in [0.25, 0.3) is 0 Å². The second-order valence-electron chi connectivity index (χ2n) is 22.9. The zero-order valence-electron chi connectivity index (χ0n) is 53.1. The van der Waals surface area contributed by atoms with Crippen molar-refractivity contribution in [1.82, 2.24) is 0 Å². The highest BCUT2D eigenvalue weighted by Gasteiger charge is 2.40. The highest BCUT2D eigenvalue weighted by atomic mass is 16.5. The lowest BCUT2D eigenvalue weighted by Gasteiger charge is -2.45. The average molecular weight is 1220 g/mol. The van der Waals surface area contributed by atoms with Gasteiger partial charge in [-0.25, -0.2) is 0 Å². The average Bonchev–Trinajstić information content (AvgIpc) is 0.736. The van der Waals surface area contributed by atoms with Crippen LogP contribution in [-0.2, 0) is 0 Å². The molecule has 11 aromatic carbocycles. The Balaban J connectivity index is 1.08. The van der Waals surface area contributed by atoms with Crippen LogP contribution < -0.4 is 57.5 Å². The Morgan fingerprint density at radius 1 is 0.228 bits per heavy atom. The third-order valence-corrected chi connectivity index (χ3v) is 18.1. The van der Waals surface area contributed by atoms with Crippen molar-refractivity contribution in [2.75, 3.05) is 76.5 Å². The van der Waals surface area contributed by atoms with E-state index in [1.165, 1.54) is 11.1 Å². The molecule has 0 bridgehead atoms. The number of ether oxygens (including phenoxy) is 8. The molecule has 0 saturated heterocycles. The van der Waals surface area contributed by atoms with Crippen LogP contribution in [0, 0.1) is 0 Å². The second-order valence-corrected chi connectivity index (χ2v) is 22.9. The van der Waals surface area contributed by atoms with E-state index in [0.29, 0.717) is 0 Å². The molecule has 0 aliphatic heterocycles. The van der Waals surface area contributed by atoms with E-state index < -0.39 is 0 Å². The van der Waals surface area contributed by atoms with Crippen molar-refractivity contribution < 1.29 is 37.9 Å². The predicted molar refractivity (Wildman–Crippen MR) is 372 cm³/mol. The number of fused-ring (bicyclic) bond motifs is 8. The number of hydrogen-bond acceptors (Lipinski definition) is 12. The lowest BCUT2D eigenvalue weighted by Crippen LogP contribution is -2.38. The monoisotopic (exact) mass is 1220 g/mol. The normalized spacial score (nSPS) is 14.5. The molecule has 0 heterocycles. The van der Waals surface area contributed by atoms with Crippen LogP contribution in [0.5, 0.6) is 46.0 Å². The van der Waals surface area contributed by atoms with Gasteiger partial charge in [0.1, 0.15) is 46.0 Å². The summed E-state index contributed by atoms with van der Waals surface area (Å²) in [6.45, 7) is 0. The number of benzene rings is 11. The van der Waals surface area contributed by atoms with Crippen LogP contribution in [0.1, 0.15) is 42.2 Å². The first kappa shape index (κ1) is 60.0. The summed E-state index contributed by atoms with van der Waals surface area (Å²) in [5.74, 6) is 6.33. The van der Waals surface area contributed by atoms with Gasteiger partial charge in [-0.3, -0.25) is 0 Å². The molecule has 12 nitrogen and oxygen atoms in total. The molecule has 11 aromatic rings. The summed E-state index contributed by atoms with van der Waals surface area (Å²) >= 11 is 0. The molecule has 2 aliphatic rings. The Kier molecular flexibility index (Phi) is 17.3. The molecule has 3 atom stereocenters. The van der Waals surface area contributed by atoms with E-state index in [-0.39, 0.29) is 17.9 Å². The third kappa shape index (κ3) is 11.9. The van der Waals surface area contributed by atoms with E-state index in [9.17, 15) is 0 Å². The molecule has 0 amide bonds. The minimum atomic E-state index is 0.00286. The zero-order chi connectivity index (χ0) is 63.2.